The van der Waals surface area contributed by atoms with Crippen molar-refractivity contribution >= 4 is 41.2 Å². The summed E-state index contributed by atoms with van der Waals surface area (Å²) in [5, 5.41) is 9.86. The van der Waals surface area contributed by atoms with Gasteiger partial charge in [-0.3, -0.25) is 6.08 Å². The summed E-state index contributed by atoms with van der Waals surface area (Å²) in [6.07, 6.45) is 10.0. The second kappa shape index (κ2) is 13.6. The molecule has 1 aromatic carbocycles. The topological polar surface area (TPSA) is 20.2 Å². The molecule has 0 fully saturated rings. The third-order valence-electron chi connectivity index (χ3n) is 2.33. The third-order valence-corrected chi connectivity index (χ3v) is 2.55. The fourth-order valence-corrected chi connectivity index (χ4v) is 1.58. The molecule has 0 radical (unpaired) electrons. The van der Waals surface area contributed by atoms with E-state index in [1.165, 1.54) is 6.07 Å². The zero-order valence-corrected chi connectivity index (χ0v) is 16.5. The van der Waals surface area contributed by atoms with Gasteiger partial charge >= 0.3 is 24.8 Å². The van der Waals surface area contributed by atoms with E-state index in [4.69, 9.17) is 11.6 Å². The van der Waals surface area contributed by atoms with Gasteiger partial charge in [-0.05, 0) is 29.2 Å². The summed E-state index contributed by atoms with van der Waals surface area (Å²) in [4.78, 5) is 3.25. The Kier molecular flexibility index (Phi) is 16.8. The van der Waals surface area contributed by atoms with E-state index < -0.39 is 0 Å². The van der Waals surface area contributed by atoms with E-state index in [2.05, 4.69) is 37.7 Å². The molecule has 21 heavy (non-hydrogen) atoms. The molecular weight excluding hydrogens is 362 g/mol. The average molecular weight is 385 g/mol. The number of halogens is 3. The molecule has 2 rings (SSSR count). The fourth-order valence-electron chi connectivity index (χ4n) is 1.35. The van der Waals surface area contributed by atoms with E-state index in [0.717, 1.165) is 12.0 Å². The van der Waals surface area contributed by atoms with Gasteiger partial charge in [0, 0.05) is 5.02 Å². The quantitative estimate of drug-likeness (QED) is 0.465. The fraction of sp³-hybridized carbons (Fsp3) is 0.312. The van der Waals surface area contributed by atoms with Gasteiger partial charge in [-0.2, -0.15) is 6.08 Å². The third kappa shape index (κ3) is 12.2. The molecule has 0 amide bonds. The monoisotopic (exact) mass is 383 g/mol. The maximum absolute atomic E-state index is 9.27. The Balaban J connectivity index is -0.000000306. The molecule has 0 saturated heterocycles. The molecule has 0 heterocycles. The molecule has 1 aromatic rings. The first-order chi connectivity index (χ1) is 8.89. The Morgan fingerprint density at radius 2 is 1.76 bits per heavy atom. The van der Waals surface area contributed by atoms with E-state index in [0.29, 0.717) is 5.02 Å². The minimum absolute atomic E-state index is 0. The molecule has 117 valence electrons. The van der Waals surface area contributed by atoms with Gasteiger partial charge in [-0.25, -0.2) is 12.2 Å². The van der Waals surface area contributed by atoms with Crippen LogP contribution in [0.25, 0.3) is 0 Å². The normalized spacial score (nSPS) is 11.1. The molecular formula is C16H22Cl3OTi. The number of phenols is 1. The molecule has 0 bridgehead atoms. The van der Waals surface area contributed by atoms with Crippen molar-refractivity contribution in [3.05, 3.63) is 53.1 Å². The van der Waals surface area contributed by atoms with Crippen LogP contribution in [0.5, 0.6) is 5.75 Å². The van der Waals surface area contributed by atoms with E-state index >= 15 is 0 Å². The molecule has 1 N–H and O–H groups in total. The molecule has 0 aromatic heterocycles. The van der Waals surface area contributed by atoms with Crippen LogP contribution >= 0.6 is 36.4 Å². The van der Waals surface area contributed by atoms with Crippen LogP contribution in [0.1, 0.15) is 32.8 Å². The summed E-state index contributed by atoms with van der Waals surface area (Å²) >= 11 is 7.55. The Morgan fingerprint density at radius 1 is 1.19 bits per heavy atom. The molecule has 1 aliphatic carbocycles. The summed E-state index contributed by atoms with van der Waals surface area (Å²) < 4.78 is 0. The van der Waals surface area contributed by atoms with Crippen molar-refractivity contribution in [2.24, 2.45) is 0 Å². The summed E-state index contributed by atoms with van der Waals surface area (Å²) in [5.74, 6) is 0.229. The van der Waals surface area contributed by atoms with Crippen molar-refractivity contribution in [2.75, 3.05) is 0 Å². The Bertz CT molecular complexity index is 421. The first kappa shape index (κ1) is 25.9. The number of hydrogen-bond donors (Lipinski definition) is 1. The van der Waals surface area contributed by atoms with Crippen molar-refractivity contribution in [1.29, 1.82) is 0 Å². The average Bonchev–Trinajstić information content (AvgIpc) is 2.88. The van der Waals surface area contributed by atoms with Gasteiger partial charge in [-0.1, -0.05) is 32.4 Å². The molecule has 1 nitrogen and oxygen atoms in total. The zero-order chi connectivity index (χ0) is 14.9. The van der Waals surface area contributed by atoms with Crippen LogP contribution in [0.4, 0.5) is 0 Å². The number of benzene rings is 1. The van der Waals surface area contributed by atoms with Crippen LogP contribution in [-0.4, -0.2) is 9.92 Å². The first-order valence-electron chi connectivity index (χ1n) is 5.97. The molecule has 1 aliphatic rings. The standard InChI is InChI=1S/C10H13ClO.C5H5.CH2.2ClH.Ti/c1-10(2,3)7-4-8(11)6-9(12)5-7;1-2-4-5-3-1;;;;/h4-6,12H,1-3H3;1-3H,4H2;1H2;2*1H;/q;-1;;;;+1. The Hall–Kier alpha value is -0.0457. The maximum atomic E-state index is 9.27. The van der Waals surface area contributed by atoms with Gasteiger partial charge < -0.3 is 5.11 Å². The SMILES string of the molecule is CC(C)(C)c1cc(O)cc(Cl)c1.Cl.Cl.[C-]1=CC=CC1.[CH2]=[Ti+]. The molecule has 5 heteroatoms. The Labute approximate surface area is 157 Å². The van der Waals surface area contributed by atoms with Crippen LogP contribution in [0.15, 0.2) is 36.4 Å². The van der Waals surface area contributed by atoms with Gasteiger partial charge in [0.15, 0.2) is 0 Å². The van der Waals surface area contributed by atoms with Gasteiger partial charge in [0.05, 0.1) is 0 Å². The number of rotatable bonds is 0. The van der Waals surface area contributed by atoms with Crippen LogP contribution < -0.4 is 0 Å². The van der Waals surface area contributed by atoms with Crippen molar-refractivity contribution in [3.63, 3.8) is 0 Å². The van der Waals surface area contributed by atoms with E-state index in [9.17, 15) is 5.11 Å². The first-order valence-corrected chi connectivity index (χ1v) is 7.45. The number of allylic oxidation sites excluding steroid dienone is 4. The van der Waals surface area contributed by atoms with Gasteiger partial charge in [-0.15, -0.1) is 31.2 Å². The molecule has 0 saturated carbocycles. The summed E-state index contributed by atoms with van der Waals surface area (Å²) in [7, 11) is 0. The second-order valence-corrected chi connectivity index (χ2v) is 5.39. The van der Waals surface area contributed by atoms with Crippen LogP contribution in [0.2, 0.25) is 5.02 Å². The predicted octanol–water partition coefficient (Wildman–Crippen LogP) is 5.46. The molecule has 0 spiro atoms. The number of hydrogen-bond acceptors (Lipinski definition) is 1. The van der Waals surface area contributed by atoms with E-state index in [-0.39, 0.29) is 36.0 Å². The van der Waals surface area contributed by atoms with Gasteiger partial charge in [0.25, 0.3) is 0 Å². The van der Waals surface area contributed by atoms with Crippen molar-refractivity contribution in [1.82, 2.24) is 0 Å². The summed E-state index contributed by atoms with van der Waals surface area (Å²) in [6.45, 7) is 6.24. The van der Waals surface area contributed by atoms with Crippen LogP contribution in [-0.2, 0) is 25.4 Å². The van der Waals surface area contributed by atoms with Gasteiger partial charge in [0.2, 0.25) is 0 Å². The zero-order valence-electron chi connectivity index (χ0n) is 12.5. The summed E-state index contributed by atoms with van der Waals surface area (Å²) in [6, 6.07) is 5.16. The predicted molar refractivity (Wildman–Crippen MR) is 95.0 cm³/mol. The number of aromatic hydroxyl groups is 1. The number of phenolic OH excluding ortho intramolecular Hbond substituents is 1. The minimum atomic E-state index is 0. The molecule has 0 unspecified atom stereocenters. The van der Waals surface area contributed by atoms with Crippen molar-refractivity contribution < 1.29 is 25.1 Å². The molecule has 0 aliphatic heterocycles. The Morgan fingerprint density at radius 3 is 2.05 bits per heavy atom. The summed E-state index contributed by atoms with van der Waals surface area (Å²) in [5.41, 5.74) is 1.08. The van der Waals surface area contributed by atoms with Crippen LogP contribution in [0.3, 0.4) is 0 Å². The van der Waals surface area contributed by atoms with Crippen molar-refractivity contribution in [2.45, 2.75) is 32.6 Å². The van der Waals surface area contributed by atoms with Crippen molar-refractivity contribution in [3.8, 4) is 5.75 Å². The molecule has 0 atom stereocenters. The van der Waals surface area contributed by atoms with Crippen LogP contribution in [0, 0.1) is 6.08 Å². The van der Waals surface area contributed by atoms with E-state index in [1.54, 1.807) is 26.0 Å². The van der Waals surface area contributed by atoms with Gasteiger partial charge in [0.1, 0.15) is 5.75 Å². The second-order valence-electron chi connectivity index (χ2n) is 4.95. The van der Waals surface area contributed by atoms with E-state index in [1.807, 2.05) is 18.2 Å².